The Morgan fingerprint density at radius 2 is 2.00 bits per heavy atom. The van der Waals surface area contributed by atoms with Gasteiger partial charge in [0.15, 0.2) is 0 Å². The third kappa shape index (κ3) is 1.18. The van der Waals surface area contributed by atoms with Gasteiger partial charge in [0.2, 0.25) is 0 Å². The molecule has 1 heterocycles. The van der Waals surface area contributed by atoms with Crippen molar-refractivity contribution in [3.05, 3.63) is 0 Å². The Bertz CT molecular complexity index is 264. The predicted molar refractivity (Wildman–Crippen MR) is 52.0 cm³/mol. The number of carboxylic acids is 1. The lowest BCUT2D eigenvalue weighted by Gasteiger charge is -2.45. The largest absolute Gasteiger partial charge is 0.481 e. The van der Waals surface area contributed by atoms with Gasteiger partial charge in [0.05, 0.1) is 5.92 Å². The van der Waals surface area contributed by atoms with Crippen LogP contribution in [0, 0.1) is 11.3 Å². The number of likely N-dealkylation sites (tertiary alicyclic amines) is 1. The molecule has 78 valence electrons. The molecule has 2 unspecified atom stereocenters. The van der Waals surface area contributed by atoms with E-state index in [1.807, 2.05) is 0 Å². The molecule has 14 heavy (non-hydrogen) atoms. The zero-order valence-electron chi connectivity index (χ0n) is 8.41. The maximum absolute atomic E-state index is 11.0. The van der Waals surface area contributed by atoms with Crippen molar-refractivity contribution in [3.8, 4) is 0 Å². The van der Waals surface area contributed by atoms with E-state index in [4.69, 9.17) is 5.11 Å². The molecule has 0 bridgehead atoms. The van der Waals surface area contributed by atoms with Gasteiger partial charge >= 0.3 is 5.97 Å². The molecule has 0 aromatic carbocycles. The number of hydrogen-bond donors (Lipinski definition) is 1. The van der Waals surface area contributed by atoms with Crippen molar-refractivity contribution in [2.45, 2.75) is 38.1 Å². The Morgan fingerprint density at radius 3 is 2.57 bits per heavy atom. The highest BCUT2D eigenvalue weighted by Crippen LogP contribution is 2.54. The highest BCUT2D eigenvalue weighted by molar-refractivity contribution is 5.71. The number of carboxylic acid groups (broad SMARTS) is 1. The van der Waals surface area contributed by atoms with Crippen molar-refractivity contribution < 1.29 is 9.90 Å². The summed E-state index contributed by atoms with van der Waals surface area (Å²) < 4.78 is 0. The lowest BCUT2D eigenvalue weighted by atomic mass is 9.91. The molecular weight excluding hydrogens is 178 g/mol. The number of aliphatic carboxylic acids is 1. The van der Waals surface area contributed by atoms with Gasteiger partial charge < -0.3 is 5.11 Å². The van der Waals surface area contributed by atoms with Crippen molar-refractivity contribution in [2.75, 3.05) is 13.1 Å². The van der Waals surface area contributed by atoms with Gasteiger partial charge in [0, 0.05) is 19.1 Å². The van der Waals surface area contributed by atoms with Crippen LogP contribution in [0.15, 0.2) is 0 Å². The first kappa shape index (κ1) is 8.72. The summed E-state index contributed by atoms with van der Waals surface area (Å²) in [5.74, 6) is -0.657. The zero-order chi connectivity index (χ0) is 9.76. The second kappa shape index (κ2) is 2.72. The van der Waals surface area contributed by atoms with Crippen molar-refractivity contribution in [3.63, 3.8) is 0 Å². The van der Waals surface area contributed by atoms with Crippen molar-refractivity contribution in [2.24, 2.45) is 11.3 Å². The Labute approximate surface area is 84.1 Å². The van der Waals surface area contributed by atoms with Gasteiger partial charge in [0.25, 0.3) is 0 Å². The van der Waals surface area contributed by atoms with Gasteiger partial charge in [0.1, 0.15) is 0 Å². The summed E-state index contributed by atoms with van der Waals surface area (Å²) >= 11 is 0. The van der Waals surface area contributed by atoms with Gasteiger partial charge in [-0.15, -0.1) is 0 Å². The molecular formula is C11H17NO2. The van der Waals surface area contributed by atoms with Crippen LogP contribution in [0.2, 0.25) is 0 Å². The Hall–Kier alpha value is -0.570. The SMILES string of the molecule is O=C(O)C1CCCC1N1CC2(CC2)C1. The fourth-order valence-corrected chi connectivity index (χ4v) is 3.21. The minimum Gasteiger partial charge on any atom is -0.481 e. The van der Waals surface area contributed by atoms with E-state index in [2.05, 4.69) is 4.90 Å². The van der Waals surface area contributed by atoms with Gasteiger partial charge in [-0.1, -0.05) is 6.42 Å². The minimum atomic E-state index is -0.579. The standard InChI is InChI=1S/C11H17NO2/c13-10(14)8-2-1-3-9(8)12-6-11(7-12)4-5-11/h8-9H,1-7H2,(H,13,14). The highest BCUT2D eigenvalue weighted by Gasteiger charge is 2.55. The molecule has 2 aliphatic carbocycles. The highest BCUT2D eigenvalue weighted by atomic mass is 16.4. The molecule has 0 radical (unpaired) electrons. The van der Waals surface area contributed by atoms with E-state index < -0.39 is 5.97 Å². The van der Waals surface area contributed by atoms with Gasteiger partial charge in [-0.05, 0) is 31.1 Å². The number of hydrogen-bond acceptors (Lipinski definition) is 2. The fraction of sp³-hybridized carbons (Fsp3) is 0.909. The summed E-state index contributed by atoms with van der Waals surface area (Å²) in [5.41, 5.74) is 0.658. The molecule has 3 nitrogen and oxygen atoms in total. The van der Waals surface area contributed by atoms with Crippen molar-refractivity contribution in [1.82, 2.24) is 4.90 Å². The Kier molecular flexibility index (Phi) is 1.69. The molecule has 2 saturated carbocycles. The van der Waals surface area contributed by atoms with Crippen LogP contribution in [0.1, 0.15) is 32.1 Å². The van der Waals surface area contributed by atoms with Crippen LogP contribution in [0.5, 0.6) is 0 Å². The van der Waals surface area contributed by atoms with Crippen molar-refractivity contribution in [1.29, 1.82) is 0 Å². The smallest absolute Gasteiger partial charge is 0.308 e. The van der Waals surface area contributed by atoms with Gasteiger partial charge in [-0.2, -0.15) is 0 Å². The van der Waals surface area contributed by atoms with Crippen molar-refractivity contribution >= 4 is 5.97 Å². The summed E-state index contributed by atoms with van der Waals surface area (Å²) in [4.78, 5) is 13.4. The van der Waals surface area contributed by atoms with Gasteiger partial charge in [-0.3, -0.25) is 9.69 Å². The van der Waals surface area contributed by atoms with E-state index in [1.54, 1.807) is 0 Å². The summed E-state index contributed by atoms with van der Waals surface area (Å²) in [6.07, 6.45) is 5.86. The lowest BCUT2D eigenvalue weighted by molar-refractivity contribution is -0.144. The van der Waals surface area contributed by atoms with Crippen LogP contribution in [0.25, 0.3) is 0 Å². The summed E-state index contributed by atoms with van der Waals surface area (Å²) in [6, 6.07) is 0.360. The van der Waals surface area contributed by atoms with E-state index in [-0.39, 0.29) is 5.92 Å². The molecule has 1 N–H and O–H groups in total. The fourth-order valence-electron chi connectivity index (χ4n) is 3.21. The molecule has 0 aromatic heterocycles. The van der Waals surface area contributed by atoms with Crippen LogP contribution in [-0.2, 0) is 4.79 Å². The summed E-state index contributed by atoms with van der Waals surface area (Å²) in [5, 5.41) is 9.07. The van der Waals surface area contributed by atoms with Crippen LogP contribution in [0.4, 0.5) is 0 Å². The zero-order valence-corrected chi connectivity index (χ0v) is 8.41. The maximum Gasteiger partial charge on any atom is 0.308 e. The van der Waals surface area contributed by atoms with E-state index in [9.17, 15) is 4.79 Å². The summed E-state index contributed by atoms with van der Waals surface area (Å²) in [7, 11) is 0. The van der Waals surface area contributed by atoms with E-state index >= 15 is 0 Å². The normalized spacial score (nSPS) is 39.7. The van der Waals surface area contributed by atoms with Gasteiger partial charge in [-0.25, -0.2) is 0 Å². The van der Waals surface area contributed by atoms with Crippen LogP contribution >= 0.6 is 0 Å². The predicted octanol–water partition coefficient (Wildman–Crippen LogP) is 1.34. The van der Waals surface area contributed by atoms with E-state index in [0.717, 1.165) is 19.3 Å². The van der Waals surface area contributed by atoms with E-state index in [0.29, 0.717) is 11.5 Å². The number of carbonyl (C=O) groups is 1. The quantitative estimate of drug-likeness (QED) is 0.722. The molecule has 1 aliphatic heterocycles. The summed E-state index contributed by atoms with van der Waals surface area (Å²) in [6.45, 7) is 2.36. The van der Waals surface area contributed by atoms with Crippen LogP contribution in [-0.4, -0.2) is 35.1 Å². The number of rotatable bonds is 2. The third-order valence-electron chi connectivity index (χ3n) is 4.30. The third-order valence-corrected chi connectivity index (χ3v) is 4.30. The molecule has 3 aliphatic rings. The first-order valence-corrected chi connectivity index (χ1v) is 5.67. The molecule has 0 amide bonds. The molecule has 2 atom stereocenters. The van der Waals surface area contributed by atoms with E-state index in [1.165, 1.54) is 25.9 Å². The number of nitrogens with zero attached hydrogens (tertiary/aromatic N) is 1. The Balaban J connectivity index is 1.64. The average molecular weight is 195 g/mol. The first-order valence-electron chi connectivity index (χ1n) is 5.67. The molecule has 1 spiro atoms. The lowest BCUT2D eigenvalue weighted by Crippen LogP contribution is -2.55. The topological polar surface area (TPSA) is 40.5 Å². The Morgan fingerprint density at radius 1 is 1.29 bits per heavy atom. The average Bonchev–Trinajstić information content (AvgIpc) is 2.73. The molecule has 3 rings (SSSR count). The molecule has 1 saturated heterocycles. The second-order valence-electron chi connectivity index (χ2n) is 5.35. The van der Waals surface area contributed by atoms with Crippen LogP contribution < -0.4 is 0 Å². The molecule has 0 aromatic rings. The minimum absolute atomic E-state index is 0.0777. The van der Waals surface area contributed by atoms with Crippen LogP contribution in [0.3, 0.4) is 0 Å². The first-order chi connectivity index (χ1) is 6.70. The molecule has 3 fully saturated rings. The molecule has 3 heteroatoms. The monoisotopic (exact) mass is 195 g/mol. The second-order valence-corrected chi connectivity index (χ2v) is 5.35. The maximum atomic E-state index is 11.0.